The van der Waals surface area contributed by atoms with Crippen LogP contribution in [-0.4, -0.2) is 19.5 Å². The van der Waals surface area contributed by atoms with Crippen molar-refractivity contribution in [2.45, 2.75) is 5.41 Å². The van der Waals surface area contributed by atoms with Gasteiger partial charge in [0.1, 0.15) is 0 Å². The highest BCUT2D eigenvalue weighted by atomic mass is 15.2. The highest BCUT2D eigenvalue weighted by Crippen LogP contribution is 2.64. The summed E-state index contributed by atoms with van der Waals surface area (Å²) in [6.45, 7) is 0. The van der Waals surface area contributed by atoms with Crippen LogP contribution in [0.4, 0.5) is 0 Å². The van der Waals surface area contributed by atoms with Crippen molar-refractivity contribution in [2.75, 3.05) is 0 Å². The first-order chi connectivity index (χ1) is 30.8. The summed E-state index contributed by atoms with van der Waals surface area (Å²) in [5.74, 6) is 1.80. The number of fused-ring (bicyclic) bond motifs is 13. The van der Waals surface area contributed by atoms with Crippen LogP contribution < -0.4 is 0 Å². The van der Waals surface area contributed by atoms with Gasteiger partial charge in [-0.05, 0) is 67.3 Å². The topological polar surface area (TPSA) is 43.6 Å². The minimum Gasteiger partial charge on any atom is -0.277 e. The van der Waals surface area contributed by atoms with Gasteiger partial charge in [0.25, 0.3) is 0 Å². The van der Waals surface area contributed by atoms with E-state index in [0.29, 0.717) is 17.6 Å². The SMILES string of the molecule is c1ccc(-c2nc(-c3ccccc3-c3ccccc3)nc(-n3c4ccccc4c4cccc(-c5cccc6c5C5(c7ccccc7-c7ccccc75)c5ccccc5-6)c43)n2)cc1. The van der Waals surface area contributed by atoms with Gasteiger partial charge in [0.15, 0.2) is 11.6 Å². The number of benzene rings is 9. The third kappa shape index (κ3) is 4.80. The van der Waals surface area contributed by atoms with Gasteiger partial charge < -0.3 is 0 Å². The van der Waals surface area contributed by atoms with Crippen LogP contribution in [0.1, 0.15) is 22.3 Å². The first-order valence-corrected chi connectivity index (χ1v) is 21.2. The van der Waals surface area contributed by atoms with Crippen LogP contribution in [0, 0.1) is 0 Å². The average Bonchev–Trinajstić information content (AvgIpc) is 3.97. The summed E-state index contributed by atoms with van der Waals surface area (Å²) in [5.41, 5.74) is 18.3. The molecule has 0 fully saturated rings. The Morgan fingerprint density at radius 3 is 1.44 bits per heavy atom. The summed E-state index contributed by atoms with van der Waals surface area (Å²) in [7, 11) is 0. The Morgan fingerprint density at radius 1 is 0.306 bits per heavy atom. The highest BCUT2D eigenvalue weighted by molar-refractivity contribution is 6.14. The number of nitrogens with zero attached hydrogens (tertiary/aromatic N) is 4. The molecule has 0 atom stereocenters. The first kappa shape index (κ1) is 34.6. The van der Waals surface area contributed by atoms with Crippen LogP contribution in [-0.2, 0) is 5.41 Å². The molecule has 4 nitrogen and oxygen atoms in total. The molecule has 0 N–H and O–H groups in total. The second-order valence-corrected chi connectivity index (χ2v) is 16.2. The lowest BCUT2D eigenvalue weighted by molar-refractivity contribution is 0.796. The molecule has 2 aliphatic rings. The molecule has 0 unspecified atom stereocenters. The molecular weight excluding hydrogens is 753 g/mol. The molecule has 0 amide bonds. The molecule has 0 saturated heterocycles. The van der Waals surface area contributed by atoms with Gasteiger partial charge in [-0.2, -0.15) is 9.97 Å². The Labute approximate surface area is 359 Å². The minimum atomic E-state index is -0.517. The summed E-state index contributed by atoms with van der Waals surface area (Å²) in [5, 5.41) is 2.28. The number of aromatic nitrogens is 4. The number of hydrogen-bond donors (Lipinski definition) is 0. The third-order valence-electron chi connectivity index (χ3n) is 13.1. The molecule has 288 valence electrons. The largest absolute Gasteiger partial charge is 0.277 e. The summed E-state index contributed by atoms with van der Waals surface area (Å²) >= 11 is 0. The average molecular weight is 789 g/mol. The van der Waals surface area contributed by atoms with Crippen LogP contribution in [0.5, 0.6) is 0 Å². The van der Waals surface area contributed by atoms with Crippen molar-refractivity contribution in [3.8, 4) is 73.2 Å². The van der Waals surface area contributed by atoms with E-state index in [1.807, 2.05) is 24.3 Å². The summed E-state index contributed by atoms with van der Waals surface area (Å²) in [6.07, 6.45) is 0. The molecule has 0 radical (unpaired) electrons. The summed E-state index contributed by atoms with van der Waals surface area (Å²) in [6, 6.07) is 78.5. The third-order valence-corrected chi connectivity index (χ3v) is 13.1. The maximum absolute atomic E-state index is 5.47. The fraction of sp³-hybridized carbons (Fsp3) is 0.0172. The molecule has 11 aromatic rings. The van der Waals surface area contributed by atoms with Crippen molar-refractivity contribution in [1.29, 1.82) is 0 Å². The van der Waals surface area contributed by atoms with Crippen LogP contribution in [0.3, 0.4) is 0 Å². The summed E-state index contributed by atoms with van der Waals surface area (Å²) in [4.78, 5) is 16.1. The van der Waals surface area contributed by atoms with Crippen LogP contribution >= 0.6 is 0 Å². The predicted octanol–water partition coefficient (Wildman–Crippen LogP) is 14.0. The van der Waals surface area contributed by atoms with E-state index in [2.05, 4.69) is 199 Å². The first-order valence-electron chi connectivity index (χ1n) is 21.2. The Morgan fingerprint density at radius 2 is 0.758 bits per heavy atom. The fourth-order valence-corrected chi connectivity index (χ4v) is 10.7. The maximum Gasteiger partial charge on any atom is 0.238 e. The maximum atomic E-state index is 5.47. The van der Waals surface area contributed by atoms with E-state index < -0.39 is 5.41 Å². The summed E-state index contributed by atoms with van der Waals surface area (Å²) < 4.78 is 2.29. The van der Waals surface area contributed by atoms with Crippen molar-refractivity contribution in [3.05, 3.63) is 241 Å². The molecule has 1 spiro atoms. The van der Waals surface area contributed by atoms with Crippen LogP contribution in [0.15, 0.2) is 218 Å². The highest BCUT2D eigenvalue weighted by Gasteiger charge is 2.52. The van der Waals surface area contributed by atoms with Gasteiger partial charge in [0.05, 0.1) is 16.4 Å². The van der Waals surface area contributed by atoms with Gasteiger partial charge in [-0.1, -0.05) is 212 Å². The molecule has 2 aromatic heterocycles. The lowest BCUT2D eigenvalue weighted by Gasteiger charge is -2.32. The molecule has 0 saturated carbocycles. The quantitative estimate of drug-likeness (QED) is 0.174. The molecule has 0 bridgehead atoms. The predicted molar refractivity (Wildman–Crippen MR) is 252 cm³/mol. The van der Waals surface area contributed by atoms with Crippen molar-refractivity contribution in [2.24, 2.45) is 0 Å². The van der Waals surface area contributed by atoms with Crippen LogP contribution in [0.2, 0.25) is 0 Å². The van der Waals surface area contributed by atoms with Crippen molar-refractivity contribution >= 4 is 21.8 Å². The minimum absolute atomic E-state index is 0.517. The van der Waals surface area contributed by atoms with E-state index in [9.17, 15) is 0 Å². The molecule has 2 heterocycles. The van der Waals surface area contributed by atoms with Gasteiger partial charge in [-0.15, -0.1) is 0 Å². The van der Waals surface area contributed by atoms with Gasteiger partial charge in [0, 0.05) is 27.5 Å². The normalized spacial score (nSPS) is 13.0. The lowest BCUT2D eigenvalue weighted by atomic mass is 9.68. The fourth-order valence-electron chi connectivity index (χ4n) is 10.7. The van der Waals surface area contributed by atoms with E-state index in [0.717, 1.165) is 49.6 Å². The molecular formula is C58H36N4. The van der Waals surface area contributed by atoms with Crippen molar-refractivity contribution in [1.82, 2.24) is 19.5 Å². The number of hydrogen-bond acceptors (Lipinski definition) is 3. The lowest BCUT2D eigenvalue weighted by Crippen LogP contribution is -2.26. The van der Waals surface area contributed by atoms with Gasteiger partial charge in [-0.25, -0.2) is 4.98 Å². The molecule has 13 rings (SSSR count). The Bertz CT molecular complexity index is 3520. The van der Waals surface area contributed by atoms with E-state index in [1.54, 1.807) is 0 Å². The zero-order valence-electron chi connectivity index (χ0n) is 33.6. The van der Waals surface area contributed by atoms with Crippen molar-refractivity contribution in [3.63, 3.8) is 0 Å². The van der Waals surface area contributed by atoms with E-state index in [1.165, 1.54) is 50.1 Å². The molecule has 62 heavy (non-hydrogen) atoms. The molecule has 2 aliphatic carbocycles. The molecule has 4 heteroatoms. The van der Waals surface area contributed by atoms with E-state index in [4.69, 9.17) is 15.0 Å². The van der Waals surface area contributed by atoms with Gasteiger partial charge in [-0.3, -0.25) is 4.57 Å². The second kappa shape index (κ2) is 13.4. The molecule has 9 aromatic carbocycles. The number of para-hydroxylation sites is 2. The Hall–Kier alpha value is -8.21. The number of rotatable bonds is 5. The molecule has 0 aliphatic heterocycles. The monoisotopic (exact) mass is 788 g/mol. The van der Waals surface area contributed by atoms with E-state index >= 15 is 0 Å². The standard InChI is InChI=1S/C58H36N4/c1-3-19-37(20-4-1)39-23-7-8-28-48(39)56-59-55(38-21-5-2-6-22-38)60-57(61-56)62-52-36-16-12-27-43(52)46-31-18-32-47(54(46)62)45-30-17-29-44-42-26-11-15-35-51(42)58(53(44)45)49-33-13-9-24-40(49)41-25-10-14-34-50(41)58/h1-36H. The smallest absolute Gasteiger partial charge is 0.238 e. The van der Waals surface area contributed by atoms with E-state index in [-0.39, 0.29) is 0 Å². The van der Waals surface area contributed by atoms with Crippen molar-refractivity contribution < 1.29 is 0 Å². The zero-order chi connectivity index (χ0) is 40.8. The zero-order valence-corrected chi connectivity index (χ0v) is 33.6. The van der Waals surface area contributed by atoms with Gasteiger partial charge in [0.2, 0.25) is 5.95 Å². The Kier molecular flexibility index (Phi) is 7.49. The van der Waals surface area contributed by atoms with Gasteiger partial charge >= 0.3 is 0 Å². The second-order valence-electron chi connectivity index (χ2n) is 16.2. The van der Waals surface area contributed by atoms with Crippen LogP contribution in [0.25, 0.3) is 95.0 Å². The Balaban J connectivity index is 1.14.